The van der Waals surface area contributed by atoms with Gasteiger partial charge in [-0.3, -0.25) is 91.1 Å². The highest BCUT2D eigenvalue weighted by molar-refractivity contribution is 8.00. The maximum atomic E-state index is 15.8. The number of phenols is 1. The summed E-state index contributed by atoms with van der Waals surface area (Å²) in [5, 5.41) is 59.6. The number of terminal acetylenes is 1. The number of aromatic nitrogens is 2. The zero-order valence-corrected chi connectivity index (χ0v) is 80.5. The van der Waals surface area contributed by atoms with Gasteiger partial charge in [0.25, 0.3) is 0 Å². The minimum atomic E-state index is -1.89. The van der Waals surface area contributed by atoms with E-state index >= 15 is 38.4 Å². The molecule has 140 heavy (non-hydrogen) atoms. The van der Waals surface area contributed by atoms with Crippen LogP contribution in [0.5, 0.6) is 5.75 Å². The topological polar surface area (TPSA) is 696 Å². The Kier molecular flexibility index (Phi) is 42.3. The monoisotopic (exact) mass is 1970 g/mol. The molecule has 45 nitrogen and oxygen atoms in total. The molecule has 760 valence electrons. The third kappa shape index (κ3) is 31.2. The number of H-pyrrole nitrogens is 2. The molecule has 3 fully saturated rings. The van der Waals surface area contributed by atoms with E-state index in [0.29, 0.717) is 63.1 Å². The minimum Gasteiger partial charge on any atom is -0.508 e. The zero-order valence-electron chi connectivity index (χ0n) is 79.7. The number of carbonyl (C=O) groups excluding carboxylic acids is 19. The molecule has 18 amide bonds. The molecule has 16 atom stereocenters. The Morgan fingerprint density at radius 1 is 0.607 bits per heavy atom. The van der Waals surface area contributed by atoms with E-state index in [4.69, 9.17) is 35.1 Å². The summed E-state index contributed by atoms with van der Waals surface area (Å²) in [5.74, 6) is -20.5. The van der Waals surface area contributed by atoms with Crippen molar-refractivity contribution in [2.45, 2.75) is 241 Å². The summed E-state index contributed by atoms with van der Waals surface area (Å²) in [4.78, 5) is 292. The number of benzene rings is 3. The van der Waals surface area contributed by atoms with E-state index in [9.17, 15) is 68.1 Å². The summed E-state index contributed by atoms with van der Waals surface area (Å²) in [6.45, 7) is 5.11. The van der Waals surface area contributed by atoms with Crippen LogP contribution >= 0.6 is 11.8 Å². The van der Waals surface area contributed by atoms with Crippen molar-refractivity contribution in [3.05, 3.63) is 102 Å². The number of nitrogens with zero attached hydrogens (tertiary/aromatic N) is 6. The van der Waals surface area contributed by atoms with E-state index in [2.05, 4.69) is 74.0 Å². The number of phenolic OH excluding ortho intramolecular Hbond substituents is 1. The first kappa shape index (κ1) is 111. The molecule has 0 saturated carbocycles. The van der Waals surface area contributed by atoms with Crippen molar-refractivity contribution in [1.29, 1.82) is 0 Å². The molecule has 3 aromatic carbocycles. The molecule has 0 spiro atoms. The molecule has 46 heteroatoms. The molecule has 0 bridgehead atoms. The number of nitrogens with one attached hydrogen (secondary N) is 12. The van der Waals surface area contributed by atoms with Crippen molar-refractivity contribution < 1.29 is 106 Å². The summed E-state index contributed by atoms with van der Waals surface area (Å²) < 4.78 is 0. The third-order valence-electron chi connectivity index (χ3n) is 24.8. The lowest BCUT2D eigenvalue weighted by Crippen LogP contribution is -2.61. The molecular formula is C94H131N23O22S. The van der Waals surface area contributed by atoms with Crippen LogP contribution in [0.25, 0.3) is 21.8 Å². The largest absolute Gasteiger partial charge is 0.508 e. The number of aliphatic imine (C=N–C) groups is 1. The van der Waals surface area contributed by atoms with E-state index in [-0.39, 0.29) is 95.3 Å². The Morgan fingerprint density at radius 3 is 1.76 bits per heavy atom. The van der Waals surface area contributed by atoms with E-state index in [1.165, 1.54) is 52.3 Å². The number of likely N-dealkylation sites (N-methyl/N-ethyl adjacent to an activating group) is 3. The van der Waals surface area contributed by atoms with E-state index in [1.807, 2.05) is 6.92 Å². The van der Waals surface area contributed by atoms with Crippen molar-refractivity contribution in [3.63, 3.8) is 0 Å². The lowest BCUT2D eigenvalue weighted by atomic mass is 9.90. The van der Waals surface area contributed by atoms with Crippen LogP contribution in [0.3, 0.4) is 0 Å². The Bertz CT molecular complexity index is 5390. The lowest BCUT2D eigenvalue weighted by molar-refractivity contribution is -0.149. The zero-order chi connectivity index (χ0) is 103. The SMILES string of the molecule is C#CC[C@H](NC(=O)CNC(=O)[C@@H]1CSCC(=O)N[C@@H](Cc2ccc(O)cc2)C(=O)N(C)[C@@H](C)C(=O)N[C@@H](CC(N)=O)C(=O)N2CCC[C@H]2C(=O)N[C@@H](CN)C(=O)N[C@@H](CC(C)C)C(=O)N2C[C@H](O)C[C@H]2C(=O)C[C@@H](Cc2c[nH]c3ccccc23)C(=O)N[C@@H](CO)C(=O)N[C@@H](Cc2c[nH]c3ccccc23)C(=O)N(C)[C@@H](CCCC)C(=O)N(C)[C@@H](CCCC)C(=O)N[C@@H](CCC(=O)N=C(N)N)C(=O)N1)C(N)=O. The summed E-state index contributed by atoms with van der Waals surface area (Å²) in [5.41, 5.74) is 31.1. The van der Waals surface area contributed by atoms with Gasteiger partial charge in [0.2, 0.25) is 106 Å². The Hall–Kier alpha value is -14.1. The van der Waals surface area contributed by atoms with Crippen molar-refractivity contribution in [2.24, 2.45) is 45.5 Å². The number of Topliss-reactive ketones (excluding diaryl/α,β-unsaturated/α-hetero) is 1. The van der Waals surface area contributed by atoms with Gasteiger partial charge in [-0.15, -0.1) is 24.1 Å². The normalized spacial score (nSPS) is 24.4. The van der Waals surface area contributed by atoms with Crippen LogP contribution in [0.4, 0.5) is 0 Å². The predicted molar refractivity (Wildman–Crippen MR) is 514 cm³/mol. The summed E-state index contributed by atoms with van der Waals surface area (Å²) >= 11 is 0.662. The number of hydrogen-bond donors (Lipinski definition) is 20. The molecule has 0 radical (unpaired) electrons. The highest BCUT2D eigenvalue weighted by Gasteiger charge is 2.47. The van der Waals surface area contributed by atoms with E-state index < -0.39 is 278 Å². The second-order valence-electron chi connectivity index (χ2n) is 35.7. The molecule has 25 N–H and O–H groups in total. The molecule has 3 aliphatic heterocycles. The number of guanidine groups is 1. The Balaban J connectivity index is 1.21. The van der Waals surface area contributed by atoms with Crippen LogP contribution in [0.2, 0.25) is 0 Å². The van der Waals surface area contributed by atoms with Gasteiger partial charge in [-0.1, -0.05) is 102 Å². The second-order valence-corrected chi connectivity index (χ2v) is 36.7. The number of para-hydroxylation sites is 2. The summed E-state index contributed by atoms with van der Waals surface area (Å²) in [6.07, 6.45) is 4.12. The molecule has 0 unspecified atom stereocenters. The molecule has 5 heterocycles. The van der Waals surface area contributed by atoms with E-state index in [0.717, 1.165) is 24.5 Å². The molecule has 0 aliphatic carbocycles. The number of aromatic amines is 2. The first-order chi connectivity index (χ1) is 66.5. The molecule has 3 aliphatic rings. The number of fused-ring (bicyclic) bond motifs is 4. The first-order valence-electron chi connectivity index (χ1n) is 46.5. The predicted octanol–water partition coefficient (Wildman–Crippen LogP) is -4.02. The number of aliphatic hydroxyl groups is 2. The second kappa shape index (κ2) is 53.2. The van der Waals surface area contributed by atoms with Crippen LogP contribution in [0, 0.1) is 24.2 Å². The van der Waals surface area contributed by atoms with Gasteiger partial charge in [0.15, 0.2) is 11.7 Å². The van der Waals surface area contributed by atoms with Crippen LogP contribution < -0.4 is 81.8 Å². The van der Waals surface area contributed by atoms with Gasteiger partial charge in [0.1, 0.15) is 84.3 Å². The van der Waals surface area contributed by atoms with Crippen molar-refractivity contribution in [1.82, 2.24) is 87.6 Å². The smallest absolute Gasteiger partial charge is 0.248 e. The lowest BCUT2D eigenvalue weighted by Gasteiger charge is -2.36. The number of aromatic hydroxyl groups is 1. The third-order valence-corrected chi connectivity index (χ3v) is 25.8. The van der Waals surface area contributed by atoms with Gasteiger partial charge in [0.05, 0.1) is 37.5 Å². The van der Waals surface area contributed by atoms with Gasteiger partial charge in [0, 0.05) is 125 Å². The minimum absolute atomic E-state index is 0.0374. The molecule has 8 rings (SSSR count). The van der Waals surface area contributed by atoms with Crippen molar-refractivity contribution in [2.75, 3.05) is 65.4 Å². The standard InChI is InChI=1S/C94H131N23O22S/c1-10-13-25-71-87(133)105-63(32-33-77(123)112-94(98)99)84(130)111-70(83(129)102-45-78(124)103-62(20-12-3)80(97)126)48-140-49-79(125)104-65(36-52-28-30-56(119)31-29-52)89(135)113(7)51(6)81(127)106-67(41-76(96)122)91(137)116-34-19-27-72(116)88(134)109-68(42-95)85(131)107-64(35-50(4)5)92(138)117-46-57(120)40-74(117)75(121)39-53(37-54-43-100-60-23-17-15-21-58(54)60)82(128)110-69(47-118)86(132)108-66(38-55-44-101-61-24-18-16-22-59(55)61)90(136)115(9)73(26-14-11-2)93(139)114(71)8/h3,15-18,21-24,28-31,43-44,50-51,53,57,62-74,100-101,118-120H,10-11,13-14,19-20,25-27,32-42,45-49,95H2,1-2,4-9H3,(H2,96,122)(H2,97,126)(H,102,129)(H,103,124)(H,104,125)(H,105,133)(H,106,127)(H,107,131)(H,108,132)(H,109,134)(H,110,128)(H,111,130)(H4,98,99,112,123)/t51-,53+,57+,62-,63-,64-,65-,66-,67-,68-,69-,70-,71-,72-,73-,74-/m0/s1. The van der Waals surface area contributed by atoms with Crippen molar-refractivity contribution >= 4 is 152 Å². The van der Waals surface area contributed by atoms with Crippen LogP contribution in [-0.2, 0) is 110 Å². The van der Waals surface area contributed by atoms with Gasteiger partial charge in [-0.2, -0.15) is 4.99 Å². The number of carbonyl (C=O) groups is 19. The maximum absolute atomic E-state index is 15.8. The van der Waals surface area contributed by atoms with Gasteiger partial charge < -0.3 is 132 Å². The number of nitrogens with two attached hydrogens (primary N) is 5. The number of hydrogen-bond acceptors (Lipinski definition) is 24. The fourth-order valence-electron chi connectivity index (χ4n) is 17.0. The maximum Gasteiger partial charge on any atom is 0.248 e. The average Bonchev–Trinajstić information content (AvgIpc) is 1.68. The quantitative estimate of drug-likeness (QED) is 0.0135. The van der Waals surface area contributed by atoms with Crippen molar-refractivity contribution in [3.8, 4) is 18.1 Å². The van der Waals surface area contributed by atoms with Gasteiger partial charge in [-0.05, 0) is 98.7 Å². The molecular weight excluding hydrogens is 1840 g/mol. The first-order valence-corrected chi connectivity index (χ1v) is 47.7. The van der Waals surface area contributed by atoms with Crippen LogP contribution in [0.15, 0.2) is 90.2 Å². The highest BCUT2D eigenvalue weighted by Crippen LogP contribution is 2.30. The van der Waals surface area contributed by atoms with Gasteiger partial charge in [-0.25, -0.2) is 0 Å². The number of thioether (sulfide) groups is 1. The fourth-order valence-corrected chi connectivity index (χ4v) is 17.8. The molecule has 2 aromatic heterocycles. The van der Waals surface area contributed by atoms with E-state index in [1.54, 1.807) is 81.7 Å². The summed E-state index contributed by atoms with van der Waals surface area (Å²) in [6, 6.07) is -3.03. The average molecular weight is 1970 g/mol. The van der Waals surface area contributed by atoms with Crippen LogP contribution in [0.1, 0.15) is 148 Å². The number of aliphatic hydroxyl groups excluding tert-OH is 2. The molecule has 5 aromatic rings. The van der Waals surface area contributed by atoms with Crippen LogP contribution in [-0.4, -0.2) is 324 Å². The number of primary amides is 2. The number of unbranched alkanes of at least 4 members (excludes halogenated alkanes) is 2. The number of rotatable bonds is 27. The van der Waals surface area contributed by atoms with Gasteiger partial charge >= 0.3 is 0 Å². The number of ketones is 1. The Labute approximate surface area is 813 Å². The highest BCUT2D eigenvalue weighted by atomic mass is 32.2. The molecule has 3 saturated heterocycles. The Morgan fingerprint density at radius 2 is 1.16 bits per heavy atom. The summed E-state index contributed by atoms with van der Waals surface area (Å²) in [7, 11) is 3.76. The number of amides is 18. The fraction of sp³-hybridized carbons (Fsp3) is 0.532.